The summed E-state index contributed by atoms with van der Waals surface area (Å²) in [7, 11) is 0. The molecule has 2 saturated heterocycles. The second-order valence-electron chi connectivity index (χ2n) is 6.39. The monoisotopic (exact) mass is 292 g/mol. The van der Waals surface area contributed by atoms with Crippen LogP contribution in [0.2, 0.25) is 0 Å². The minimum absolute atomic E-state index is 0.0156. The van der Waals surface area contributed by atoms with Crippen molar-refractivity contribution in [1.82, 2.24) is 0 Å². The molecule has 21 heavy (non-hydrogen) atoms. The lowest BCUT2D eigenvalue weighted by atomic mass is 9.75. The lowest BCUT2D eigenvalue weighted by molar-refractivity contribution is -0.159. The van der Waals surface area contributed by atoms with Gasteiger partial charge < -0.3 is 14.2 Å². The number of epoxide rings is 1. The lowest BCUT2D eigenvalue weighted by Gasteiger charge is -2.30. The van der Waals surface area contributed by atoms with Crippen molar-refractivity contribution in [3.63, 3.8) is 0 Å². The Morgan fingerprint density at radius 1 is 1.33 bits per heavy atom. The molecule has 0 radical (unpaired) electrons. The summed E-state index contributed by atoms with van der Waals surface area (Å²) < 4.78 is 15.9. The third-order valence-electron chi connectivity index (χ3n) is 5.12. The maximum atomic E-state index is 12.4. The Labute approximate surface area is 121 Å². The molecule has 7 unspecified atom stereocenters. The molecule has 2 bridgehead atoms. The largest absolute Gasteiger partial charge is 0.458 e. The van der Waals surface area contributed by atoms with Crippen molar-refractivity contribution >= 4 is 17.7 Å². The topological polar surface area (TPSA) is 82.2 Å². The van der Waals surface area contributed by atoms with Crippen molar-refractivity contribution in [1.29, 1.82) is 0 Å². The molecule has 0 spiro atoms. The molecule has 112 valence electrons. The van der Waals surface area contributed by atoms with Crippen LogP contribution in [0.5, 0.6) is 0 Å². The zero-order chi connectivity index (χ0) is 14.9. The van der Waals surface area contributed by atoms with Crippen molar-refractivity contribution < 1.29 is 28.6 Å². The van der Waals surface area contributed by atoms with E-state index in [1.165, 1.54) is 0 Å². The van der Waals surface area contributed by atoms with E-state index in [0.29, 0.717) is 18.6 Å². The molecule has 0 aromatic carbocycles. The van der Waals surface area contributed by atoms with E-state index in [-0.39, 0.29) is 29.5 Å². The summed E-state index contributed by atoms with van der Waals surface area (Å²) in [5.74, 6) is -1.84. The number of ketones is 1. The van der Waals surface area contributed by atoms with Gasteiger partial charge in [-0.15, -0.1) is 0 Å². The summed E-state index contributed by atoms with van der Waals surface area (Å²) in [4.78, 5) is 36.2. The minimum atomic E-state index is -0.533. The Bertz CT molecular complexity index is 563. The van der Waals surface area contributed by atoms with Crippen molar-refractivity contribution in [3.8, 4) is 0 Å². The van der Waals surface area contributed by atoms with Gasteiger partial charge in [0.25, 0.3) is 0 Å². The standard InChI is InChI=1S/C15H16O6/c1-5(2)14(17)20-12-6-3-7-10(15(18)21-13(7)12)9(6)11(16)8-4-19-8/h6-10,12-13H,1,3-4H2,2H3. The molecular formula is C15H16O6. The maximum Gasteiger partial charge on any atom is 0.333 e. The molecule has 7 atom stereocenters. The summed E-state index contributed by atoms with van der Waals surface area (Å²) in [6, 6.07) is 0. The summed E-state index contributed by atoms with van der Waals surface area (Å²) in [6.07, 6.45) is -0.633. The molecule has 0 N–H and O–H groups in total. The first-order valence-electron chi connectivity index (χ1n) is 7.21. The van der Waals surface area contributed by atoms with E-state index in [4.69, 9.17) is 14.2 Å². The van der Waals surface area contributed by atoms with Crippen LogP contribution in [0, 0.1) is 23.7 Å². The van der Waals surface area contributed by atoms with E-state index in [2.05, 4.69) is 6.58 Å². The van der Waals surface area contributed by atoms with Crippen molar-refractivity contribution in [3.05, 3.63) is 12.2 Å². The summed E-state index contributed by atoms with van der Waals surface area (Å²) in [6.45, 7) is 5.55. The molecule has 0 aromatic rings. The second-order valence-corrected chi connectivity index (χ2v) is 6.39. The zero-order valence-corrected chi connectivity index (χ0v) is 11.6. The molecule has 6 heteroatoms. The highest BCUT2D eigenvalue weighted by molar-refractivity contribution is 5.94. The fourth-order valence-corrected chi connectivity index (χ4v) is 4.19. The van der Waals surface area contributed by atoms with Crippen LogP contribution >= 0.6 is 0 Å². The fourth-order valence-electron chi connectivity index (χ4n) is 4.19. The van der Waals surface area contributed by atoms with Gasteiger partial charge in [-0.1, -0.05) is 6.58 Å². The number of ether oxygens (including phenoxy) is 3. The normalized spacial score (nSPS) is 45.4. The minimum Gasteiger partial charge on any atom is -0.458 e. The average molecular weight is 292 g/mol. The summed E-state index contributed by atoms with van der Waals surface area (Å²) in [5.41, 5.74) is 0.298. The Kier molecular flexibility index (Phi) is 2.58. The third-order valence-corrected chi connectivity index (χ3v) is 5.12. The van der Waals surface area contributed by atoms with Gasteiger partial charge in [0, 0.05) is 23.3 Å². The SMILES string of the molecule is C=C(C)C(=O)OC1C2CC3C1OC(=O)C3C2C(=O)C1CO1. The summed E-state index contributed by atoms with van der Waals surface area (Å²) in [5, 5.41) is 0. The number of fused-ring (bicyclic) bond motifs is 1. The third kappa shape index (κ3) is 1.71. The first-order valence-corrected chi connectivity index (χ1v) is 7.21. The molecule has 6 nitrogen and oxygen atoms in total. The molecule has 2 aliphatic carbocycles. The number of rotatable bonds is 4. The summed E-state index contributed by atoms with van der Waals surface area (Å²) >= 11 is 0. The van der Waals surface area contributed by atoms with Crippen LogP contribution in [0.15, 0.2) is 12.2 Å². The average Bonchev–Trinajstić information content (AvgIpc) is 3.07. The van der Waals surface area contributed by atoms with Gasteiger partial charge in [-0.05, 0) is 13.3 Å². The number of Topliss-reactive ketones (excluding diaryl/α,β-unsaturated/α-hetero) is 1. The molecule has 4 fully saturated rings. The van der Waals surface area contributed by atoms with Crippen LogP contribution in [-0.4, -0.2) is 42.6 Å². The predicted molar refractivity (Wildman–Crippen MR) is 67.9 cm³/mol. The van der Waals surface area contributed by atoms with Crippen LogP contribution in [0.3, 0.4) is 0 Å². The van der Waals surface area contributed by atoms with Gasteiger partial charge >= 0.3 is 11.9 Å². The Morgan fingerprint density at radius 2 is 2.05 bits per heavy atom. The predicted octanol–water partition coefficient (Wildman–Crippen LogP) is 0.250. The smallest absolute Gasteiger partial charge is 0.333 e. The maximum absolute atomic E-state index is 12.4. The number of esters is 2. The molecule has 2 saturated carbocycles. The van der Waals surface area contributed by atoms with Crippen LogP contribution < -0.4 is 0 Å². The van der Waals surface area contributed by atoms with Crippen LogP contribution in [-0.2, 0) is 28.6 Å². The van der Waals surface area contributed by atoms with E-state index in [1.807, 2.05) is 0 Å². The number of carbonyl (C=O) groups is 3. The fraction of sp³-hybridized carbons (Fsp3) is 0.667. The van der Waals surface area contributed by atoms with Gasteiger partial charge in [0.15, 0.2) is 5.78 Å². The van der Waals surface area contributed by atoms with Gasteiger partial charge in [-0.25, -0.2) is 4.79 Å². The molecule has 0 aromatic heterocycles. The number of hydrogen-bond donors (Lipinski definition) is 0. The highest BCUT2D eigenvalue weighted by Crippen LogP contribution is 2.59. The van der Waals surface area contributed by atoms with Gasteiger partial charge in [-0.2, -0.15) is 0 Å². The first-order chi connectivity index (χ1) is 9.99. The second kappa shape index (κ2) is 4.16. The Hall–Kier alpha value is -1.69. The van der Waals surface area contributed by atoms with Crippen LogP contribution in [0.1, 0.15) is 13.3 Å². The van der Waals surface area contributed by atoms with E-state index < -0.39 is 30.2 Å². The highest BCUT2D eigenvalue weighted by atomic mass is 16.6. The van der Waals surface area contributed by atoms with Crippen LogP contribution in [0.4, 0.5) is 0 Å². The quantitative estimate of drug-likeness (QED) is 0.420. The molecule has 4 aliphatic rings. The van der Waals surface area contributed by atoms with Crippen molar-refractivity contribution in [2.24, 2.45) is 23.7 Å². The van der Waals surface area contributed by atoms with E-state index in [0.717, 1.165) is 0 Å². The van der Waals surface area contributed by atoms with Gasteiger partial charge in [0.1, 0.15) is 18.3 Å². The highest BCUT2D eigenvalue weighted by Gasteiger charge is 2.70. The molecule has 4 rings (SSSR count). The molecule has 2 heterocycles. The van der Waals surface area contributed by atoms with E-state index >= 15 is 0 Å². The molecule has 0 amide bonds. The lowest BCUT2D eigenvalue weighted by Crippen LogP contribution is -2.44. The Morgan fingerprint density at radius 3 is 2.67 bits per heavy atom. The van der Waals surface area contributed by atoms with E-state index in [1.54, 1.807) is 6.92 Å². The number of carbonyl (C=O) groups excluding carboxylic acids is 3. The zero-order valence-electron chi connectivity index (χ0n) is 11.6. The van der Waals surface area contributed by atoms with Crippen molar-refractivity contribution in [2.75, 3.05) is 6.61 Å². The van der Waals surface area contributed by atoms with E-state index in [9.17, 15) is 14.4 Å². The van der Waals surface area contributed by atoms with Gasteiger partial charge in [0.2, 0.25) is 0 Å². The molecule has 2 aliphatic heterocycles. The Balaban J connectivity index is 1.62. The number of hydrogen-bond acceptors (Lipinski definition) is 6. The van der Waals surface area contributed by atoms with Crippen molar-refractivity contribution in [2.45, 2.75) is 31.7 Å². The van der Waals surface area contributed by atoms with Gasteiger partial charge in [-0.3, -0.25) is 9.59 Å². The molecular weight excluding hydrogens is 276 g/mol. The van der Waals surface area contributed by atoms with Crippen LogP contribution in [0.25, 0.3) is 0 Å². The van der Waals surface area contributed by atoms with Gasteiger partial charge in [0.05, 0.1) is 12.5 Å². The first kappa shape index (κ1) is 13.0.